The Morgan fingerprint density at radius 2 is 2.15 bits per heavy atom. The van der Waals surface area contributed by atoms with Crippen LogP contribution in [-0.4, -0.2) is 25.3 Å². The van der Waals surface area contributed by atoms with Crippen molar-refractivity contribution in [2.24, 2.45) is 5.90 Å². The molecular weight excluding hydrogens is 172 g/mol. The van der Waals surface area contributed by atoms with Crippen molar-refractivity contribution in [3.8, 4) is 0 Å². The molecule has 0 atom stereocenters. The average molecular weight is 188 g/mol. The minimum atomic E-state index is -0.210. The average Bonchev–Trinajstić information content (AvgIpc) is 2.11. The van der Waals surface area contributed by atoms with Crippen LogP contribution in [-0.2, 0) is 14.4 Å². The van der Waals surface area contributed by atoms with Crippen molar-refractivity contribution in [2.45, 2.75) is 25.7 Å². The van der Waals surface area contributed by atoms with Crippen LogP contribution in [0.3, 0.4) is 0 Å². The zero-order valence-electron chi connectivity index (χ0n) is 7.62. The van der Waals surface area contributed by atoms with Crippen LogP contribution < -0.4 is 11.2 Å². The Morgan fingerprint density at radius 1 is 1.38 bits per heavy atom. The fourth-order valence-corrected chi connectivity index (χ4v) is 0.884. The summed E-state index contributed by atoms with van der Waals surface area (Å²) in [5.74, 6) is 4.49. The molecule has 0 fully saturated rings. The molecule has 0 saturated heterocycles. The highest BCUT2D eigenvalue weighted by Gasteiger charge is 1.97. The Bertz CT molecular complexity index is 150. The van der Waals surface area contributed by atoms with E-state index in [1.807, 2.05) is 0 Å². The number of nitrogens with one attached hydrogen (secondary N) is 1. The van der Waals surface area contributed by atoms with Crippen molar-refractivity contribution in [3.05, 3.63) is 0 Å². The molecule has 0 bridgehead atoms. The molecule has 0 unspecified atom stereocenters. The van der Waals surface area contributed by atoms with E-state index >= 15 is 0 Å². The summed E-state index contributed by atoms with van der Waals surface area (Å²) in [6, 6.07) is 0. The Hall–Kier alpha value is -0.940. The van der Waals surface area contributed by atoms with Gasteiger partial charge >= 0.3 is 0 Å². The second kappa shape index (κ2) is 9.15. The largest absolute Gasteiger partial charge is 0.354 e. The third-order valence-electron chi connectivity index (χ3n) is 1.54. The molecule has 0 aromatic heterocycles. The molecule has 0 heterocycles. The lowest BCUT2D eigenvalue weighted by Crippen LogP contribution is -2.29. The SMILES string of the molecule is NOCC(=O)NCCCCCC=O. The Labute approximate surface area is 77.6 Å². The van der Waals surface area contributed by atoms with E-state index < -0.39 is 0 Å². The van der Waals surface area contributed by atoms with Gasteiger partial charge in [0.05, 0.1) is 0 Å². The van der Waals surface area contributed by atoms with Crippen LogP contribution >= 0.6 is 0 Å². The highest BCUT2D eigenvalue weighted by Crippen LogP contribution is 1.95. The van der Waals surface area contributed by atoms with E-state index in [4.69, 9.17) is 5.90 Å². The van der Waals surface area contributed by atoms with Gasteiger partial charge in [-0.05, 0) is 12.8 Å². The quantitative estimate of drug-likeness (QED) is 0.313. The molecule has 0 radical (unpaired) electrons. The summed E-state index contributed by atoms with van der Waals surface area (Å²) in [5.41, 5.74) is 0. The van der Waals surface area contributed by atoms with E-state index in [2.05, 4.69) is 10.2 Å². The van der Waals surface area contributed by atoms with Crippen LogP contribution in [0.1, 0.15) is 25.7 Å². The molecule has 5 heteroatoms. The van der Waals surface area contributed by atoms with Gasteiger partial charge in [-0.15, -0.1) is 0 Å². The standard InChI is InChI=1S/C8H16N2O3/c9-13-7-8(12)10-5-3-1-2-4-6-11/h6H,1-5,7,9H2,(H,10,12). The van der Waals surface area contributed by atoms with E-state index in [1.54, 1.807) is 0 Å². The minimum Gasteiger partial charge on any atom is -0.354 e. The predicted molar refractivity (Wildman–Crippen MR) is 47.7 cm³/mol. The van der Waals surface area contributed by atoms with Gasteiger partial charge in [0.25, 0.3) is 0 Å². The Balaban J connectivity index is 3.06. The molecule has 76 valence electrons. The van der Waals surface area contributed by atoms with E-state index in [-0.39, 0.29) is 12.5 Å². The van der Waals surface area contributed by atoms with E-state index in [1.165, 1.54) is 0 Å². The highest BCUT2D eigenvalue weighted by atomic mass is 16.6. The molecule has 13 heavy (non-hydrogen) atoms. The first-order valence-corrected chi connectivity index (χ1v) is 4.33. The monoisotopic (exact) mass is 188 g/mol. The van der Waals surface area contributed by atoms with Crippen LogP contribution in [0.5, 0.6) is 0 Å². The van der Waals surface area contributed by atoms with E-state index in [9.17, 15) is 9.59 Å². The normalized spacial score (nSPS) is 9.62. The molecule has 0 saturated carbocycles. The number of carbonyl (C=O) groups excluding carboxylic acids is 2. The number of unbranched alkanes of at least 4 members (excludes halogenated alkanes) is 3. The molecular formula is C8H16N2O3. The van der Waals surface area contributed by atoms with Crippen LogP contribution in [0.4, 0.5) is 0 Å². The van der Waals surface area contributed by atoms with Gasteiger partial charge in [-0.3, -0.25) is 9.63 Å². The van der Waals surface area contributed by atoms with Gasteiger partial charge in [0.2, 0.25) is 5.91 Å². The van der Waals surface area contributed by atoms with Gasteiger partial charge in [-0.1, -0.05) is 6.42 Å². The number of aldehydes is 1. The number of carbonyl (C=O) groups is 2. The predicted octanol–water partition coefficient (Wildman–Crippen LogP) is -0.248. The molecule has 0 spiro atoms. The number of amides is 1. The summed E-state index contributed by atoms with van der Waals surface area (Å²) in [6.07, 6.45) is 4.21. The third kappa shape index (κ3) is 8.97. The third-order valence-corrected chi connectivity index (χ3v) is 1.54. The van der Waals surface area contributed by atoms with Gasteiger partial charge in [0.1, 0.15) is 12.9 Å². The maximum absolute atomic E-state index is 10.8. The van der Waals surface area contributed by atoms with Crippen LogP contribution in [0.25, 0.3) is 0 Å². The van der Waals surface area contributed by atoms with Crippen molar-refractivity contribution in [2.75, 3.05) is 13.2 Å². The number of hydrogen-bond acceptors (Lipinski definition) is 4. The van der Waals surface area contributed by atoms with Gasteiger partial charge in [0.15, 0.2) is 0 Å². The first kappa shape index (κ1) is 12.1. The van der Waals surface area contributed by atoms with E-state index in [0.717, 1.165) is 25.5 Å². The Morgan fingerprint density at radius 3 is 2.77 bits per heavy atom. The summed E-state index contributed by atoms with van der Waals surface area (Å²) in [6.45, 7) is 0.509. The van der Waals surface area contributed by atoms with Crippen molar-refractivity contribution in [3.63, 3.8) is 0 Å². The first-order valence-electron chi connectivity index (χ1n) is 4.33. The Kier molecular flexibility index (Phi) is 8.49. The molecule has 0 aromatic carbocycles. The maximum Gasteiger partial charge on any atom is 0.248 e. The lowest BCUT2D eigenvalue weighted by molar-refractivity contribution is -0.125. The molecule has 3 N–H and O–H groups in total. The zero-order chi connectivity index (χ0) is 9.94. The first-order chi connectivity index (χ1) is 6.31. The summed E-state index contributed by atoms with van der Waals surface area (Å²) in [5, 5.41) is 2.63. The zero-order valence-corrected chi connectivity index (χ0v) is 7.62. The van der Waals surface area contributed by atoms with Crippen LogP contribution in [0.2, 0.25) is 0 Å². The van der Waals surface area contributed by atoms with Crippen molar-refractivity contribution in [1.82, 2.24) is 5.32 Å². The topological polar surface area (TPSA) is 81.4 Å². The molecule has 5 nitrogen and oxygen atoms in total. The fraction of sp³-hybridized carbons (Fsp3) is 0.750. The van der Waals surface area contributed by atoms with Crippen molar-refractivity contribution in [1.29, 1.82) is 0 Å². The smallest absolute Gasteiger partial charge is 0.248 e. The lowest BCUT2D eigenvalue weighted by atomic mass is 10.2. The van der Waals surface area contributed by atoms with Crippen molar-refractivity contribution < 1.29 is 14.4 Å². The van der Waals surface area contributed by atoms with Crippen molar-refractivity contribution >= 4 is 12.2 Å². The number of nitrogens with two attached hydrogens (primary N) is 1. The lowest BCUT2D eigenvalue weighted by Gasteiger charge is -2.02. The van der Waals surface area contributed by atoms with Gasteiger partial charge < -0.3 is 10.1 Å². The molecule has 0 aliphatic carbocycles. The molecule has 0 rings (SSSR count). The maximum atomic E-state index is 10.8. The van der Waals surface area contributed by atoms with Gasteiger partial charge in [-0.2, -0.15) is 0 Å². The minimum absolute atomic E-state index is 0.103. The van der Waals surface area contributed by atoms with Crippen LogP contribution in [0.15, 0.2) is 0 Å². The van der Waals surface area contributed by atoms with Gasteiger partial charge in [0, 0.05) is 13.0 Å². The fourth-order valence-electron chi connectivity index (χ4n) is 0.884. The number of hydrogen-bond donors (Lipinski definition) is 2. The second-order valence-electron chi connectivity index (χ2n) is 2.68. The molecule has 0 aromatic rings. The molecule has 1 amide bonds. The summed E-state index contributed by atoms with van der Waals surface area (Å²) in [4.78, 5) is 24.8. The van der Waals surface area contributed by atoms with Crippen LogP contribution in [0, 0.1) is 0 Å². The van der Waals surface area contributed by atoms with E-state index in [0.29, 0.717) is 13.0 Å². The number of rotatable bonds is 8. The summed E-state index contributed by atoms with van der Waals surface area (Å²) < 4.78 is 0. The second-order valence-corrected chi connectivity index (χ2v) is 2.68. The molecule has 0 aliphatic rings. The van der Waals surface area contributed by atoms with Gasteiger partial charge in [-0.25, -0.2) is 5.90 Å². The molecule has 0 aliphatic heterocycles. The summed E-state index contributed by atoms with van der Waals surface area (Å²) in [7, 11) is 0. The highest BCUT2D eigenvalue weighted by molar-refractivity contribution is 5.77. The summed E-state index contributed by atoms with van der Waals surface area (Å²) >= 11 is 0.